The van der Waals surface area contributed by atoms with Crippen molar-refractivity contribution < 1.29 is 15.0 Å². The van der Waals surface area contributed by atoms with Crippen LogP contribution in [0.4, 0.5) is 5.69 Å². The number of anilines is 1. The van der Waals surface area contributed by atoms with Crippen molar-refractivity contribution in [1.29, 1.82) is 0 Å². The molecule has 0 heterocycles. The quantitative estimate of drug-likeness (QED) is 0.706. The molecule has 4 nitrogen and oxygen atoms in total. The fourth-order valence-electron chi connectivity index (χ4n) is 2.74. The molecule has 0 aliphatic heterocycles. The number of carboxylic acid groups (broad SMARTS) is 1. The average Bonchev–Trinajstić information content (AvgIpc) is 2.63. The van der Waals surface area contributed by atoms with Gasteiger partial charge in [-0.15, -0.1) is 0 Å². The fraction of sp³-hybridized carbons (Fsp3) is 0.0952. The number of carbonyl (C=O) groups is 1. The van der Waals surface area contributed by atoms with Gasteiger partial charge in [0.25, 0.3) is 0 Å². The van der Waals surface area contributed by atoms with Gasteiger partial charge in [-0.05, 0) is 29.3 Å². The highest BCUT2D eigenvalue weighted by molar-refractivity contribution is 5.92. The van der Waals surface area contributed by atoms with Crippen LogP contribution in [0.1, 0.15) is 21.5 Å². The monoisotopic (exact) mass is 333 g/mol. The second-order valence-corrected chi connectivity index (χ2v) is 5.83. The van der Waals surface area contributed by atoms with Gasteiger partial charge in [0.05, 0.1) is 0 Å². The summed E-state index contributed by atoms with van der Waals surface area (Å²) in [6.45, 7) is 1.28. The fourth-order valence-corrected chi connectivity index (χ4v) is 2.74. The van der Waals surface area contributed by atoms with E-state index in [-0.39, 0.29) is 11.3 Å². The highest BCUT2D eigenvalue weighted by atomic mass is 16.4. The summed E-state index contributed by atoms with van der Waals surface area (Å²) in [6.07, 6.45) is 0. The molecule has 0 aliphatic carbocycles. The van der Waals surface area contributed by atoms with Crippen molar-refractivity contribution in [2.75, 3.05) is 4.90 Å². The number of hydrogen-bond donors (Lipinski definition) is 2. The van der Waals surface area contributed by atoms with Gasteiger partial charge in [0.2, 0.25) is 0 Å². The van der Waals surface area contributed by atoms with E-state index in [1.165, 1.54) is 12.1 Å². The van der Waals surface area contributed by atoms with Crippen LogP contribution in [-0.2, 0) is 13.1 Å². The molecule has 0 bridgehead atoms. The summed E-state index contributed by atoms with van der Waals surface area (Å²) in [5.41, 5.74) is 2.92. The summed E-state index contributed by atoms with van der Waals surface area (Å²) >= 11 is 0. The van der Waals surface area contributed by atoms with Gasteiger partial charge in [-0.1, -0.05) is 60.7 Å². The molecule has 0 radical (unpaired) electrons. The third kappa shape index (κ3) is 4.18. The van der Waals surface area contributed by atoms with Crippen molar-refractivity contribution >= 4 is 11.7 Å². The van der Waals surface area contributed by atoms with E-state index in [9.17, 15) is 15.0 Å². The van der Waals surface area contributed by atoms with Gasteiger partial charge in [-0.2, -0.15) is 0 Å². The molecule has 0 atom stereocenters. The van der Waals surface area contributed by atoms with E-state index >= 15 is 0 Å². The molecule has 0 spiro atoms. The lowest BCUT2D eigenvalue weighted by Crippen LogP contribution is -2.22. The number of nitrogens with zero attached hydrogens (tertiary/aromatic N) is 1. The summed E-state index contributed by atoms with van der Waals surface area (Å²) in [7, 11) is 0. The topological polar surface area (TPSA) is 60.8 Å². The summed E-state index contributed by atoms with van der Waals surface area (Å²) in [4.78, 5) is 13.4. The van der Waals surface area contributed by atoms with E-state index < -0.39 is 5.97 Å². The maximum Gasteiger partial charge on any atom is 0.339 e. The Hall–Kier alpha value is -3.27. The van der Waals surface area contributed by atoms with Crippen LogP contribution in [0, 0.1) is 0 Å². The molecule has 0 aromatic heterocycles. The maximum atomic E-state index is 11.3. The average molecular weight is 333 g/mol. The van der Waals surface area contributed by atoms with Crippen LogP contribution in [0.2, 0.25) is 0 Å². The Kier molecular flexibility index (Phi) is 5.00. The molecular formula is C21H19NO3. The van der Waals surface area contributed by atoms with E-state index in [1.54, 1.807) is 6.07 Å². The van der Waals surface area contributed by atoms with Gasteiger partial charge in [0.15, 0.2) is 0 Å². The van der Waals surface area contributed by atoms with Gasteiger partial charge in [0.1, 0.15) is 11.3 Å². The molecule has 3 rings (SSSR count). The summed E-state index contributed by atoms with van der Waals surface area (Å²) in [5.74, 6) is -1.37. The molecule has 0 amide bonds. The van der Waals surface area contributed by atoms with Crippen molar-refractivity contribution in [1.82, 2.24) is 0 Å². The minimum atomic E-state index is -1.14. The molecular weight excluding hydrogens is 314 g/mol. The summed E-state index contributed by atoms with van der Waals surface area (Å²) < 4.78 is 0. The minimum absolute atomic E-state index is 0.0939. The third-order valence-corrected chi connectivity index (χ3v) is 4.01. The van der Waals surface area contributed by atoms with E-state index in [4.69, 9.17) is 0 Å². The normalized spacial score (nSPS) is 10.4. The zero-order valence-corrected chi connectivity index (χ0v) is 13.7. The van der Waals surface area contributed by atoms with Crippen molar-refractivity contribution in [2.45, 2.75) is 13.1 Å². The highest BCUT2D eigenvalue weighted by Crippen LogP contribution is 2.26. The predicted molar refractivity (Wildman–Crippen MR) is 97.8 cm³/mol. The molecule has 4 heteroatoms. The molecule has 0 unspecified atom stereocenters. The number of benzene rings is 3. The van der Waals surface area contributed by atoms with Crippen LogP contribution in [0.5, 0.6) is 5.75 Å². The van der Waals surface area contributed by atoms with Crippen LogP contribution in [0.25, 0.3) is 0 Å². The molecule has 25 heavy (non-hydrogen) atoms. The number of aromatic hydroxyl groups is 1. The lowest BCUT2D eigenvalue weighted by molar-refractivity contribution is 0.0694. The SMILES string of the molecule is O=C(O)c1cc(N(Cc2ccccc2)Cc2ccccc2)ccc1O. The van der Waals surface area contributed by atoms with Gasteiger partial charge in [-0.25, -0.2) is 4.79 Å². The molecule has 126 valence electrons. The first-order chi connectivity index (χ1) is 12.1. The maximum absolute atomic E-state index is 11.3. The van der Waals surface area contributed by atoms with Crippen LogP contribution in [-0.4, -0.2) is 16.2 Å². The zero-order chi connectivity index (χ0) is 17.6. The third-order valence-electron chi connectivity index (χ3n) is 4.01. The van der Waals surface area contributed by atoms with Gasteiger partial charge >= 0.3 is 5.97 Å². The second-order valence-electron chi connectivity index (χ2n) is 5.83. The largest absolute Gasteiger partial charge is 0.507 e. The van der Waals surface area contributed by atoms with Gasteiger partial charge in [0, 0.05) is 18.8 Å². The Morgan fingerprint density at radius 3 is 1.80 bits per heavy atom. The molecule has 0 saturated heterocycles. The Labute approximate surface area is 146 Å². The van der Waals surface area contributed by atoms with E-state index in [2.05, 4.69) is 4.90 Å². The first-order valence-corrected chi connectivity index (χ1v) is 8.02. The number of hydrogen-bond acceptors (Lipinski definition) is 3. The standard InChI is InChI=1S/C21H19NO3/c23-20-12-11-18(13-19(20)21(24)25)22(14-16-7-3-1-4-8-16)15-17-9-5-2-6-10-17/h1-13,23H,14-15H2,(H,24,25). The van der Waals surface area contributed by atoms with Crippen molar-refractivity contribution in [3.05, 3.63) is 95.6 Å². The lowest BCUT2D eigenvalue weighted by Gasteiger charge is -2.26. The van der Waals surface area contributed by atoms with Crippen LogP contribution < -0.4 is 4.90 Å². The lowest BCUT2D eigenvalue weighted by atomic mass is 10.1. The van der Waals surface area contributed by atoms with Gasteiger partial charge < -0.3 is 15.1 Å². The molecule has 3 aromatic rings. The van der Waals surface area contributed by atoms with Crippen LogP contribution >= 0.6 is 0 Å². The van der Waals surface area contributed by atoms with E-state index in [1.807, 2.05) is 60.7 Å². The highest BCUT2D eigenvalue weighted by Gasteiger charge is 2.14. The summed E-state index contributed by atoms with van der Waals surface area (Å²) in [5, 5.41) is 19.0. The Bertz CT molecular complexity index is 806. The summed E-state index contributed by atoms with van der Waals surface area (Å²) in [6, 6.07) is 24.7. The van der Waals surface area contributed by atoms with Crippen molar-refractivity contribution in [3.8, 4) is 5.75 Å². The molecule has 0 aliphatic rings. The molecule has 3 aromatic carbocycles. The van der Waals surface area contributed by atoms with Crippen molar-refractivity contribution in [3.63, 3.8) is 0 Å². The Morgan fingerprint density at radius 1 is 0.800 bits per heavy atom. The van der Waals surface area contributed by atoms with Crippen LogP contribution in [0.15, 0.2) is 78.9 Å². The van der Waals surface area contributed by atoms with Crippen molar-refractivity contribution in [2.24, 2.45) is 0 Å². The Morgan fingerprint density at radius 2 is 1.32 bits per heavy atom. The molecule has 0 saturated carbocycles. The Balaban J connectivity index is 1.95. The molecule has 2 N–H and O–H groups in total. The van der Waals surface area contributed by atoms with Gasteiger partial charge in [-0.3, -0.25) is 0 Å². The number of aromatic carboxylic acids is 1. The minimum Gasteiger partial charge on any atom is -0.507 e. The number of phenols is 1. The first kappa shape index (κ1) is 16.6. The van der Waals surface area contributed by atoms with Crippen LogP contribution in [0.3, 0.4) is 0 Å². The predicted octanol–water partition coefficient (Wildman–Crippen LogP) is 4.30. The smallest absolute Gasteiger partial charge is 0.339 e. The van der Waals surface area contributed by atoms with E-state index in [0.29, 0.717) is 13.1 Å². The molecule has 0 fully saturated rings. The first-order valence-electron chi connectivity index (χ1n) is 8.02. The van der Waals surface area contributed by atoms with E-state index in [0.717, 1.165) is 16.8 Å². The number of carboxylic acids is 1. The zero-order valence-electron chi connectivity index (χ0n) is 13.7. The second kappa shape index (κ2) is 7.53. The number of rotatable bonds is 6.